The Kier molecular flexibility index (Phi) is 6.05. The summed E-state index contributed by atoms with van der Waals surface area (Å²) >= 11 is 3.43. The molecule has 28 heavy (non-hydrogen) atoms. The first-order chi connectivity index (χ1) is 13.5. The summed E-state index contributed by atoms with van der Waals surface area (Å²) in [6.07, 6.45) is 1.58. The Morgan fingerprint density at radius 1 is 1.29 bits per heavy atom. The molecular formula is C19H17BrN4O4. The first-order valence-electron chi connectivity index (χ1n) is 8.46. The molecule has 1 N–H and O–H groups in total. The maximum atomic E-state index is 12.6. The van der Waals surface area contributed by atoms with Gasteiger partial charge < -0.3 is 10.1 Å². The number of hydrogen-bond donors (Lipinski definition) is 1. The van der Waals surface area contributed by atoms with E-state index >= 15 is 0 Å². The molecule has 0 spiro atoms. The lowest BCUT2D eigenvalue weighted by Gasteiger charge is -2.10. The zero-order valence-corrected chi connectivity index (χ0v) is 16.5. The summed E-state index contributed by atoms with van der Waals surface area (Å²) in [4.78, 5) is 23.3. The minimum Gasteiger partial charge on any atom is -0.487 e. The van der Waals surface area contributed by atoms with Crippen LogP contribution in [0.25, 0.3) is 0 Å². The zero-order valence-electron chi connectivity index (χ0n) is 15.0. The average molecular weight is 445 g/mol. The number of nitro benzene ring substituents is 1. The number of carbonyl (C=O) groups excluding carboxylic acids is 1. The van der Waals surface area contributed by atoms with Crippen molar-refractivity contribution in [1.29, 1.82) is 0 Å². The van der Waals surface area contributed by atoms with E-state index in [-0.39, 0.29) is 17.0 Å². The summed E-state index contributed by atoms with van der Waals surface area (Å²) in [7, 11) is 0. The number of carbonyl (C=O) groups is 1. The highest BCUT2D eigenvalue weighted by Gasteiger charge is 2.19. The van der Waals surface area contributed by atoms with Crippen LogP contribution < -0.4 is 10.1 Å². The highest BCUT2D eigenvalue weighted by atomic mass is 79.9. The molecule has 0 saturated heterocycles. The Bertz CT molecular complexity index is 1020. The second kappa shape index (κ2) is 8.66. The molecule has 0 aliphatic heterocycles. The predicted molar refractivity (Wildman–Crippen MR) is 108 cm³/mol. The number of nitrogens with zero attached hydrogens (tertiary/aromatic N) is 3. The number of aromatic nitrogens is 2. The summed E-state index contributed by atoms with van der Waals surface area (Å²) in [5.41, 5.74) is 0.910. The number of rotatable bonds is 7. The number of hydrogen-bond acceptors (Lipinski definition) is 5. The van der Waals surface area contributed by atoms with Gasteiger partial charge in [0, 0.05) is 22.2 Å². The molecule has 3 aromatic rings. The number of benzene rings is 2. The molecule has 0 unspecified atom stereocenters. The third-order valence-electron chi connectivity index (χ3n) is 3.90. The van der Waals surface area contributed by atoms with Gasteiger partial charge >= 0.3 is 5.69 Å². The number of halogens is 1. The summed E-state index contributed by atoms with van der Waals surface area (Å²) in [5.74, 6) is 0.146. The maximum Gasteiger partial charge on any atom is 0.311 e. The van der Waals surface area contributed by atoms with Gasteiger partial charge in [0.15, 0.2) is 5.75 Å². The molecule has 9 heteroatoms. The smallest absolute Gasteiger partial charge is 0.311 e. The van der Waals surface area contributed by atoms with Crippen LogP contribution in [0.1, 0.15) is 22.8 Å². The maximum absolute atomic E-state index is 12.6. The van der Waals surface area contributed by atoms with Crippen LogP contribution >= 0.6 is 15.9 Å². The van der Waals surface area contributed by atoms with Gasteiger partial charge in [-0.05, 0) is 36.8 Å². The fraction of sp³-hybridized carbons (Fsp3) is 0.158. The van der Waals surface area contributed by atoms with E-state index in [2.05, 4.69) is 26.3 Å². The van der Waals surface area contributed by atoms with Gasteiger partial charge in [0.25, 0.3) is 5.91 Å². The number of nitro groups is 1. The van der Waals surface area contributed by atoms with Crippen LogP contribution in [-0.4, -0.2) is 27.2 Å². The zero-order chi connectivity index (χ0) is 20.1. The van der Waals surface area contributed by atoms with Crippen LogP contribution in [0.3, 0.4) is 0 Å². The molecule has 2 aromatic carbocycles. The first-order valence-corrected chi connectivity index (χ1v) is 9.26. The second-order valence-corrected chi connectivity index (χ2v) is 6.75. The summed E-state index contributed by atoms with van der Waals surface area (Å²) in [6.45, 7) is 2.49. The molecule has 0 saturated carbocycles. The van der Waals surface area contributed by atoms with Crippen LogP contribution in [0.2, 0.25) is 0 Å². The van der Waals surface area contributed by atoms with E-state index in [1.54, 1.807) is 23.9 Å². The van der Waals surface area contributed by atoms with Gasteiger partial charge in [-0.1, -0.05) is 28.1 Å². The lowest BCUT2D eigenvalue weighted by atomic mass is 10.1. The molecule has 0 aliphatic carbocycles. The van der Waals surface area contributed by atoms with Gasteiger partial charge in [-0.2, -0.15) is 5.10 Å². The van der Waals surface area contributed by atoms with E-state index < -0.39 is 10.8 Å². The number of nitrogens with one attached hydrogen (secondary N) is 1. The van der Waals surface area contributed by atoms with E-state index in [9.17, 15) is 14.9 Å². The van der Waals surface area contributed by atoms with Gasteiger partial charge in [-0.25, -0.2) is 4.68 Å². The van der Waals surface area contributed by atoms with Crippen molar-refractivity contribution in [1.82, 2.24) is 9.78 Å². The normalized spacial score (nSPS) is 10.5. The van der Waals surface area contributed by atoms with E-state index in [4.69, 9.17) is 4.74 Å². The van der Waals surface area contributed by atoms with Gasteiger partial charge in [0.05, 0.1) is 24.3 Å². The van der Waals surface area contributed by atoms with Crippen LogP contribution in [0.5, 0.6) is 5.75 Å². The third kappa shape index (κ3) is 4.55. The Balaban J connectivity index is 1.80. The topological polar surface area (TPSA) is 99.3 Å². The summed E-state index contributed by atoms with van der Waals surface area (Å²) < 4.78 is 7.83. The number of ether oxygens (including phenoxy) is 1. The van der Waals surface area contributed by atoms with Crippen molar-refractivity contribution >= 4 is 33.3 Å². The molecule has 0 bridgehead atoms. The molecule has 1 aromatic heterocycles. The first kappa shape index (κ1) is 19.6. The lowest BCUT2D eigenvalue weighted by molar-refractivity contribution is -0.385. The Morgan fingerprint density at radius 3 is 2.82 bits per heavy atom. The molecule has 3 rings (SSSR count). The minimum atomic E-state index is -0.570. The lowest BCUT2D eigenvalue weighted by Crippen LogP contribution is -2.16. The molecule has 0 atom stereocenters. The SMILES string of the molecule is CCOc1ccc(C(=O)Nc2ccnn2Cc2cccc(Br)c2)cc1[N+](=O)[O-]. The fourth-order valence-electron chi connectivity index (χ4n) is 2.64. The Hall–Kier alpha value is -3.20. The summed E-state index contributed by atoms with van der Waals surface area (Å²) in [6, 6.07) is 13.5. The van der Waals surface area contributed by atoms with Gasteiger partial charge in [0.1, 0.15) is 5.82 Å². The Labute approximate surface area is 169 Å². The van der Waals surface area contributed by atoms with E-state index in [1.165, 1.54) is 18.2 Å². The molecule has 0 radical (unpaired) electrons. The fourth-order valence-corrected chi connectivity index (χ4v) is 3.09. The number of anilines is 1. The van der Waals surface area contributed by atoms with E-state index in [0.717, 1.165) is 10.0 Å². The van der Waals surface area contributed by atoms with Crippen LogP contribution in [0.4, 0.5) is 11.5 Å². The average Bonchev–Trinajstić information content (AvgIpc) is 3.08. The largest absolute Gasteiger partial charge is 0.487 e. The van der Waals surface area contributed by atoms with Crippen molar-refractivity contribution < 1.29 is 14.5 Å². The Morgan fingerprint density at radius 2 is 2.11 bits per heavy atom. The van der Waals surface area contributed by atoms with Gasteiger partial charge in [-0.15, -0.1) is 0 Å². The molecule has 0 aliphatic rings. The van der Waals surface area contributed by atoms with Crippen molar-refractivity contribution in [2.24, 2.45) is 0 Å². The van der Waals surface area contributed by atoms with Crippen LogP contribution in [-0.2, 0) is 6.54 Å². The van der Waals surface area contributed by atoms with E-state index in [1.807, 2.05) is 24.3 Å². The minimum absolute atomic E-state index is 0.128. The van der Waals surface area contributed by atoms with Gasteiger partial charge in [0.2, 0.25) is 0 Å². The highest BCUT2D eigenvalue weighted by Crippen LogP contribution is 2.28. The van der Waals surface area contributed by atoms with Crippen molar-refractivity contribution in [3.8, 4) is 5.75 Å². The van der Waals surface area contributed by atoms with Crippen molar-refractivity contribution in [3.63, 3.8) is 0 Å². The van der Waals surface area contributed by atoms with E-state index in [0.29, 0.717) is 19.0 Å². The highest BCUT2D eigenvalue weighted by molar-refractivity contribution is 9.10. The van der Waals surface area contributed by atoms with Gasteiger partial charge in [-0.3, -0.25) is 14.9 Å². The third-order valence-corrected chi connectivity index (χ3v) is 4.39. The molecule has 1 amide bonds. The molecule has 144 valence electrons. The van der Waals surface area contributed by atoms with Crippen molar-refractivity contribution in [3.05, 3.63) is 80.4 Å². The van der Waals surface area contributed by atoms with Crippen molar-refractivity contribution in [2.45, 2.75) is 13.5 Å². The molecule has 8 nitrogen and oxygen atoms in total. The molecule has 1 heterocycles. The van der Waals surface area contributed by atoms with Crippen LogP contribution in [0, 0.1) is 10.1 Å². The van der Waals surface area contributed by atoms with Crippen LogP contribution in [0.15, 0.2) is 59.2 Å². The van der Waals surface area contributed by atoms with Crippen molar-refractivity contribution in [2.75, 3.05) is 11.9 Å². The second-order valence-electron chi connectivity index (χ2n) is 5.83. The quantitative estimate of drug-likeness (QED) is 0.433. The monoisotopic (exact) mass is 444 g/mol. The predicted octanol–water partition coefficient (Wildman–Crippen LogP) is 4.25. The molecular weight excluding hydrogens is 428 g/mol. The molecule has 0 fully saturated rings. The summed E-state index contributed by atoms with van der Waals surface area (Å²) in [5, 5.41) is 18.2. The number of amides is 1. The standard InChI is InChI=1S/C19H17BrN4O4/c1-2-28-17-7-6-14(11-16(17)24(26)27)19(25)22-18-8-9-21-23(18)12-13-4-3-5-15(20)10-13/h3-11H,2,12H2,1H3,(H,22,25).